The van der Waals surface area contributed by atoms with Crippen molar-refractivity contribution < 1.29 is 15.0 Å². The van der Waals surface area contributed by atoms with Crippen LogP contribution in [0.2, 0.25) is 0 Å². The molecule has 0 unspecified atom stereocenters. The number of pyridine rings is 1. The first-order valence-electron chi connectivity index (χ1n) is 6.33. The Morgan fingerprint density at radius 3 is 2.70 bits per heavy atom. The van der Waals surface area contributed by atoms with E-state index < -0.39 is 0 Å². The fourth-order valence-electron chi connectivity index (χ4n) is 1.88. The molecule has 0 spiro atoms. The number of carbonyl (C=O) groups excluding carboxylic acids is 1. The Bertz CT molecular complexity index is 599. The minimum Gasteiger partial charge on any atom is -0.508 e. The number of hydrogen-bond acceptors (Lipinski definition) is 4. The van der Waals surface area contributed by atoms with E-state index in [1.54, 1.807) is 11.1 Å². The van der Waals surface area contributed by atoms with Gasteiger partial charge in [0.15, 0.2) is 0 Å². The Kier molecular flexibility index (Phi) is 4.20. The second-order valence-electron chi connectivity index (χ2n) is 4.34. The minimum atomic E-state index is -0.341. The number of amides is 1. The molecule has 0 radical (unpaired) electrons. The molecule has 1 heterocycles. The average Bonchev–Trinajstić information content (AvgIpc) is 2.47. The van der Waals surface area contributed by atoms with Crippen LogP contribution in [0, 0.1) is 0 Å². The number of carbonyl (C=O) groups is 1. The zero-order chi connectivity index (χ0) is 14.5. The molecule has 1 amide bonds. The van der Waals surface area contributed by atoms with Crippen LogP contribution >= 0.6 is 0 Å². The van der Waals surface area contributed by atoms with Gasteiger partial charge in [-0.2, -0.15) is 0 Å². The lowest BCUT2D eigenvalue weighted by molar-refractivity contribution is 0.0747. The minimum absolute atomic E-state index is 0.0555. The van der Waals surface area contributed by atoms with Gasteiger partial charge in [0.2, 0.25) is 0 Å². The number of rotatable bonds is 4. The molecule has 2 rings (SSSR count). The molecule has 104 valence electrons. The molecule has 1 aromatic heterocycles. The van der Waals surface area contributed by atoms with Crippen LogP contribution in [0.25, 0.3) is 0 Å². The summed E-state index contributed by atoms with van der Waals surface area (Å²) in [5.74, 6) is -0.543. The van der Waals surface area contributed by atoms with Crippen molar-refractivity contribution in [1.82, 2.24) is 9.88 Å². The maximum Gasteiger partial charge on any atom is 0.258 e. The van der Waals surface area contributed by atoms with Crippen molar-refractivity contribution >= 4 is 5.91 Å². The maximum atomic E-state index is 12.4. The van der Waals surface area contributed by atoms with Gasteiger partial charge in [0.05, 0.1) is 17.8 Å². The smallest absolute Gasteiger partial charge is 0.258 e. The summed E-state index contributed by atoms with van der Waals surface area (Å²) >= 11 is 0. The predicted octanol–water partition coefficient (Wildman–Crippen LogP) is 2.16. The number of phenols is 2. The zero-order valence-electron chi connectivity index (χ0n) is 11.2. The Labute approximate surface area is 117 Å². The van der Waals surface area contributed by atoms with E-state index in [9.17, 15) is 15.0 Å². The third kappa shape index (κ3) is 3.06. The van der Waals surface area contributed by atoms with Crippen LogP contribution in [0.4, 0.5) is 0 Å². The van der Waals surface area contributed by atoms with Gasteiger partial charge >= 0.3 is 0 Å². The second-order valence-corrected chi connectivity index (χ2v) is 4.34. The van der Waals surface area contributed by atoms with E-state index in [0.29, 0.717) is 13.1 Å². The van der Waals surface area contributed by atoms with E-state index in [1.165, 1.54) is 18.2 Å². The van der Waals surface area contributed by atoms with E-state index in [2.05, 4.69) is 4.98 Å². The molecule has 2 N–H and O–H groups in total. The summed E-state index contributed by atoms with van der Waals surface area (Å²) in [6, 6.07) is 9.39. The number of aromatic nitrogens is 1. The molecule has 0 atom stereocenters. The third-order valence-electron chi connectivity index (χ3n) is 2.96. The second kappa shape index (κ2) is 6.06. The Morgan fingerprint density at radius 1 is 1.25 bits per heavy atom. The van der Waals surface area contributed by atoms with Gasteiger partial charge in [-0.1, -0.05) is 6.07 Å². The highest BCUT2D eigenvalue weighted by Gasteiger charge is 2.18. The van der Waals surface area contributed by atoms with Gasteiger partial charge < -0.3 is 15.1 Å². The topological polar surface area (TPSA) is 73.7 Å². The van der Waals surface area contributed by atoms with Crippen molar-refractivity contribution in [3.63, 3.8) is 0 Å². The van der Waals surface area contributed by atoms with Gasteiger partial charge in [0.25, 0.3) is 5.91 Å². The fraction of sp³-hybridized carbons (Fsp3) is 0.200. The van der Waals surface area contributed by atoms with E-state index in [1.807, 2.05) is 25.1 Å². The summed E-state index contributed by atoms with van der Waals surface area (Å²) < 4.78 is 0. The summed E-state index contributed by atoms with van der Waals surface area (Å²) in [4.78, 5) is 18.1. The SMILES string of the molecule is CCN(Cc1ccccn1)C(=O)c1cc(O)ccc1O. The van der Waals surface area contributed by atoms with Gasteiger partial charge in [-0.05, 0) is 37.3 Å². The molecule has 2 aromatic rings. The summed E-state index contributed by atoms with van der Waals surface area (Å²) in [6.45, 7) is 2.68. The number of nitrogens with zero attached hydrogens (tertiary/aromatic N) is 2. The highest BCUT2D eigenvalue weighted by Crippen LogP contribution is 2.24. The van der Waals surface area contributed by atoms with Gasteiger partial charge in [-0.3, -0.25) is 9.78 Å². The Balaban J connectivity index is 2.23. The molecule has 0 fully saturated rings. The van der Waals surface area contributed by atoms with E-state index in [-0.39, 0.29) is 23.0 Å². The average molecular weight is 272 g/mol. The number of benzene rings is 1. The van der Waals surface area contributed by atoms with Crippen molar-refractivity contribution in [2.45, 2.75) is 13.5 Å². The highest BCUT2D eigenvalue weighted by atomic mass is 16.3. The highest BCUT2D eigenvalue weighted by molar-refractivity contribution is 5.97. The van der Waals surface area contributed by atoms with Gasteiger partial charge in [-0.25, -0.2) is 0 Å². The van der Waals surface area contributed by atoms with Gasteiger partial charge in [-0.15, -0.1) is 0 Å². The van der Waals surface area contributed by atoms with Crippen LogP contribution in [-0.4, -0.2) is 32.5 Å². The summed E-state index contributed by atoms with van der Waals surface area (Å²) in [6.07, 6.45) is 1.67. The van der Waals surface area contributed by atoms with Gasteiger partial charge in [0.1, 0.15) is 11.5 Å². The van der Waals surface area contributed by atoms with Crippen LogP contribution in [-0.2, 0) is 6.54 Å². The fourth-order valence-corrected chi connectivity index (χ4v) is 1.88. The van der Waals surface area contributed by atoms with E-state index in [4.69, 9.17) is 0 Å². The first kappa shape index (κ1) is 13.9. The molecule has 0 aliphatic rings. The van der Waals surface area contributed by atoms with E-state index >= 15 is 0 Å². The quantitative estimate of drug-likeness (QED) is 0.836. The normalized spacial score (nSPS) is 10.2. The first-order chi connectivity index (χ1) is 9.61. The Hall–Kier alpha value is -2.56. The van der Waals surface area contributed by atoms with Crippen molar-refractivity contribution in [1.29, 1.82) is 0 Å². The zero-order valence-corrected chi connectivity index (χ0v) is 11.2. The molecule has 0 aliphatic carbocycles. The molecule has 5 heteroatoms. The largest absolute Gasteiger partial charge is 0.508 e. The van der Waals surface area contributed by atoms with Crippen molar-refractivity contribution in [2.75, 3.05) is 6.54 Å². The first-order valence-corrected chi connectivity index (χ1v) is 6.33. The summed E-state index contributed by atoms with van der Waals surface area (Å²) in [5, 5.41) is 19.2. The molecule has 0 saturated carbocycles. The summed E-state index contributed by atoms with van der Waals surface area (Å²) in [5.41, 5.74) is 0.852. The third-order valence-corrected chi connectivity index (χ3v) is 2.96. The van der Waals surface area contributed by atoms with Crippen molar-refractivity contribution in [3.8, 4) is 11.5 Å². The lowest BCUT2D eigenvalue weighted by Gasteiger charge is -2.21. The molecule has 0 bridgehead atoms. The van der Waals surface area contributed by atoms with Crippen molar-refractivity contribution in [3.05, 3.63) is 53.9 Å². The molecule has 0 aliphatic heterocycles. The van der Waals surface area contributed by atoms with Crippen LogP contribution in [0.3, 0.4) is 0 Å². The van der Waals surface area contributed by atoms with E-state index in [0.717, 1.165) is 5.69 Å². The standard InChI is InChI=1S/C15H16N2O3/c1-2-17(10-11-5-3-4-8-16-11)15(20)13-9-12(18)6-7-14(13)19/h3-9,18-19H,2,10H2,1H3. The predicted molar refractivity (Wildman–Crippen MR) is 74.4 cm³/mol. The van der Waals surface area contributed by atoms with Crippen LogP contribution in [0.15, 0.2) is 42.6 Å². The number of hydrogen-bond donors (Lipinski definition) is 2. The van der Waals surface area contributed by atoms with Crippen LogP contribution < -0.4 is 0 Å². The maximum absolute atomic E-state index is 12.4. The van der Waals surface area contributed by atoms with Crippen molar-refractivity contribution in [2.24, 2.45) is 0 Å². The van der Waals surface area contributed by atoms with Crippen LogP contribution in [0.5, 0.6) is 11.5 Å². The summed E-state index contributed by atoms with van der Waals surface area (Å²) in [7, 11) is 0. The molecule has 5 nitrogen and oxygen atoms in total. The van der Waals surface area contributed by atoms with Gasteiger partial charge in [0, 0.05) is 12.7 Å². The van der Waals surface area contributed by atoms with Crippen LogP contribution in [0.1, 0.15) is 23.0 Å². The molecular weight excluding hydrogens is 256 g/mol. The molecule has 0 saturated heterocycles. The lowest BCUT2D eigenvalue weighted by atomic mass is 10.1. The molecule has 20 heavy (non-hydrogen) atoms. The molecular formula is C15H16N2O3. The number of phenolic OH excluding ortho intramolecular Hbond substituents is 2. The molecule has 1 aromatic carbocycles. The monoisotopic (exact) mass is 272 g/mol. The Morgan fingerprint density at radius 2 is 2.05 bits per heavy atom. The lowest BCUT2D eigenvalue weighted by Crippen LogP contribution is -2.30. The number of aromatic hydroxyl groups is 2.